The molecule has 1 aliphatic heterocycles. The fraction of sp³-hybridized carbons (Fsp3) is 0.278. The lowest BCUT2D eigenvalue weighted by molar-refractivity contribution is -0.117. The number of carbonyl (C=O) groups is 1. The molecule has 0 fully saturated rings. The Labute approximate surface area is 154 Å². The van der Waals surface area contributed by atoms with Crippen molar-refractivity contribution in [2.75, 3.05) is 38.9 Å². The van der Waals surface area contributed by atoms with Crippen LogP contribution >= 0.6 is 15.9 Å². The zero-order valence-corrected chi connectivity index (χ0v) is 15.4. The molecule has 7 heteroatoms. The van der Waals surface area contributed by atoms with Crippen molar-refractivity contribution in [1.29, 1.82) is 0 Å². The van der Waals surface area contributed by atoms with E-state index >= 15 is 0 Å². The summed E-state index contributed by atoms with van der Waals surface area (Å²) in [7, 11) is 1.88. The summed E-state index contributed by atoms with van der Waals surface area (Å²) in [5.41, 5.74) is 0.689. The maximum absolute atomic E-state index is 12.1. The van der Waals surface area contributed by atoms with E-state index < -0.39 is 0 Å². The first-order valence-corrected chi connectivity index (χ1v) is 8.66. The van der Waals surface area contributed by atoms with Crippen molar-refractivity contribution in [1.82, 2.24) is 4.90 Å². The van der Waals surface area contributed by atoms with Gasteiger partial charge in [-0.05, 0) is 43.4 Å². The topological polar surface area (TPSA) is 60.0 Å². The molecule has 0 bridgehead atoms. The Morgan fingerprint density at radius 3 is 2.76 bits per heavy atom. The third-order valence-electron chi connectivity index (χ3n) is 3.63. The summed E-state index contributed by atoms with van der Waals surface area (Å²) in [4.78, 5) is 14.0. The van der Waals surface area contributed by atoms with E-state index in [4.69, 9.17) is 14.2 Å². The van der Waals surface area contributed by atoms with E-state index in [0.29, 0.717) is 30.3 Å². The fourth-order valence-electron chi connectivity index (χ4n) is 2.35. The summed E-state index contributed by atoms with van der Waals surface area (Å²) in [5.74, 6) is 2.06. The molecule has 3 rings (SSSR count). The molecule has 0 saturated heterocycles. The molecule has 0 spiro atoms. The van der Waals surface area contributed by atoms with E-state index in [2.05, 4.69) is 21.2 Å². The number of halogens is 1. The van der Waals surface area contributed by atoms with E-state index in [9.17, 15) is 4.79 Å². The van der Waals surface area contributed by atoms with Crippen LogP contribution in [0.4, 0.5) is 5.69 Å². The first-order valence-electron chi connectivity index (χ1n) is 7.86. The number of anilines is 1. The SMILES string of the molecule is CN(CCOc1ccc(Br)cc1)CC(=O)Nc1ccc2c(c1)OCO2. The highest BCUT2D eigenvalue weighted by Gasteiger charge is 2.14. The number of hydrogen-bond acceptors (Lipinski definition) is 5. The minimum Gasteiger partial charge on any atom is -0.492 e. The van der Waals surface area contributed by atoms with Gasteiger partial charge >= 0.3 is 0 Å². The summed E-state index contributed by atoms with van der Waals surface area (Å²) in [6.45, 7) is 1.64. The van der Waals surface area contributed by atoms with Crippen molar-refractivity contribution in [2.45, 2.75) is 0 Å². The smallest absolute Gasteiger partial charge is 0.238 e. The molecule has 1 N–H and O–H groups in total. The van der Waals surface area contributed by atoms with Crippen molar-refractivity contribution in [3.8, 4) is 17.2 Å². The molecule has 132 valence electrons. The highest BCUT2D eigenvalue weighted by atomic mass is 79.9. The Hall–Kier alpha value is -2.25. The Morgan fingerprint density at radius 2 is 1.96 bits per heavy atom. The molecule has 2 aromatic carbocycles. The van der Waals surface area contributed by atoms with Gasteiger partial charge < -0.3 is 19.5 Å². The van der Waals surface area contributed by atoms with Crippen molar-refractivity contribution in [2.24, 2.45) is 0 Å². The Kier molecular flexibility index (Phi) is 5.78. The van der Waals surface area contributed by atoms with Gasteiger partial charge in [-0.15, -0.1) is 0 Å². The predicted molar refractivity (Wildman–Crippen MR) is 98.3 cm³/mol. The molecule has 0 atom stereocenters. The Bertz CT molecular complexity index is 736. The molecule has 0 radical (unpaired) electrons. The summed E-state index contributed by atoms with van der Waals surface area (Å²) < 4.78 is 17.2. The number of ether oxygens (including phenoxy) is 3. The van der Waals surface area contributed by atoms with Crippen LogP contribution in [0.2, 0.25) is 0 Å². The van der Waals surface area contributed by atoms with E-state index in [0.717, 1.165) is 10.2 Å². The number of carbonyl (C=O) groups excluding carboxylic acids is 1. The first-order chi connectivity index (χ1) is 12.1. The molecule has 1 amide bonds. The lowest BCUT2D eigenvalue weighted by atomic mass is 10.2. The van der Waals surface area contributed by atoms with Crippen LogP contribution in [0.1, 0.15) is 0 Å². The molecule has 0 saturated carbocycles. The number of benzene rings is 2. The normalized spacial score (nSPS) is 12.3. The lowest BCUT2D eigenvalue weighted by Gasteiger charge is -2.16. The van der Waals surface area contributed by atoms with Crippen molar-refractivity contribution >= 4 is 27.5 Å². The fourth-order valence-corrected chi connectivity index (χ4v) is 2.61. The molecule has 6 nitrogen and oxygen atoms in total. The van der Waals surface area contributed by atoms with Crippen LogP contribution in [-0.4, -0.2) is 44.3 Å². The second kappa shape index (κ2) is 8.22. The monoisotopic (exact) mass is 406 g/mol. The largest absolute Gasteiger partial charge is 0.492 e. The Morgan fingerprint density at radius 1 is 1.20 bits per heavy atom. The zero-order chi connectivity index (χ0) is 17.6. The van der Waals surface area contributed by atoms with Crippen LogP contribution in [0.15, 0.2) is 46.9 Å². The number of fused-ring (bicyclic) bond motifs is 1. The van der Waals surface area contributed by atoms with Gasteiger partial charge in [0.2, 0.25) is 12.7 Å². The van der Waals surface area contributed by atoms with Crippen molar-refractivity contribution in [3.63, 3.8) is 0 Å². The van der Waals surface area contributed by atoms with Gasteiger partial charge in [-0.1, -0.05) is 15.9 Å². The van der Waals surface area contributed by atoms with Crippen LogP contribution in [0.5, 0.6) is 17.2 Å². The quantitative estimate of drug-likeness (QED) is 0.765. The van der Waals surface area contributed by atoms with Gasteiger partial charge in [0.1, 0.15) is 12.4 Å². The van der Waals surface area contributed by atoms with E-state index in [-0.39, 0.29) is 19.2 Å². The number of rotatable bonds is 7. The van der Waals surface area contributed by atoms with E-state index in [1.54, 1.807) is 18.2 Å². The lowest BCUT2D eigenvalue weighted by Crippen LogP contribution is -2.33. The number of nitrogens with zero attached hydrogens (tertiary/aromatic N) is 1. The first kappa shape index (κ1) is 17.6. The zero-order valence-electron chi connectivity index (χ0n) is 13.8. The second-order valence-electron chi connectivity index (χ2n) is 5.66. The molecule has 25 heavy (non-hydrogen) atoms. The maximum Gasteiger partial charge on any atom is 0.238 e. The average molecular weight is 407 g/mol. The van der Waals surface area contributed by atoms with Crippen LogP contribution < -0.4 is 19.5 Å². The summed E-state index contributed by atoms with van der Waals surface area (Å²) in [6, 6.07) is 13.0. The molecule has 2 aromatic rings. The molecule has 1 heterocycles. The van der Waals surface area contributed by atoms with Crippen LogP contribution in [0.3, 0.4) is 0 Å². The highest BCUT2D eigenvalue weighted by Crippen LogP contribution is 2.34. The summed E-state index contributed by atoms with van der Waals surface area (Å²) in [6.07, 6.45) is 0. The van der Waals surface area contributed by atoms with Gasteiger partial charge in [-0.25, -0.2) is 0 Å². The van der Waals surface area contributed by atoms with E-state index in [1.165, 1.54) is 0 Å². The third-order valence-corrected chi connectivity index (χ3v) is 4.15. The van der Waals surface area contributed by atoms with Gasteiger partial charge in [0, 0.05) is 22.8 Å². The molecular formula is C18H19BrN2O4. The number of hydrogen-bond donors (Lipinski definition) is 1. The highest BCUT2D eigenvalue weighted by molar-refractivity contribution is 9.10. The van der Waals surface area contributed by atoms with E-state index in [1.807, 2.05) is 36.2 Å². The molecular weight excluding hydrogens is 388 g/mol. The minimum absolute atomic E-state index is 0.0926. The third kappa shape index (κ3) is 5.11. The number of likely N-dealkylation sites (N-methyl/N-ethyl adjacent to an activating group) is 1. The maximum atomic E-state index is 12.1. The molecule has 1 aliphatic rings. The van der Waals surface area contributed by atoms with Gasteiger partial charge in [0.15, 0.2) is 11.5 Å². The van der Waals surface area contributed by atoms with Gasteiger partial charge in [0.05, 0.1) is 6.54 Å². The standard InChI is InChI=1S/C18H19BrN2O4/c1-21(8-9-23-15-5-2-13(19)3-6-15)11-18(22)20-14-4-7-16-17(10-14)25-12-24-16/h2-7,10H,8-9,11-12H2,1H3,(H,20,22). The number of amides is 1. The van der Waals surface area contributed by atoms with Crippen LogP contribution in [0, 0.1) is 0 Å². The molecule has 0 aromatic heterocycles. The molecule has 0 unspecified atom stereocenters. The van der Waals surface area contributed by atoms with Crippen LogP contribution in [-0.2, 0) is 4.79 Å². The van der Waals surface area contributed by atoms with Crippen molar-refractivity contribution < 1.29 is 19.0 Å². The van der Waals surface area contributed by atoms with Gasteiger partial charge in [-0.3, -0.25) is 9.69 Å². The summed E-state index contributed by atoms with van der Waals surface area (Å²) in [5, 5.41) is 2.85. The average Bonchev–Trinajstić information content (AvgIpc) is 3.04. The van der Waals surface area contributed by atoms with Gasteiger partial charge in [-0.2, -0.15) is 0 Å². The number of nitrogens with one attached hydrogen (secondary N) is 1. The Balaban J connectivity index is 1.40. The minimum atomic E-state index is -0.0926. The van der Waals surface area contributed by atoms with Crippen LogP contribution in [0.25, 0.3) is 0 Å². The van der Waals surface area contributed by atoms with Gasteiger partial charge in [0.25, 0.3) is 0 Å². The second-order valence-corrected chi connectivity index (χ2v) is 6.57. The summed E-state index contributed by atoms with van der Waals surface area (Å²) >= 11 is 3.38. The molecule has 0 aliphatic carbocycles. The predicted octanol–water partition coefficient (Wildman–Crippen LogP) is 3.13. The van der Waals surface area contributed by atoms with Crippen molar-refractivity contribution in [3.05, 3.63) is 46.9 Å².